The van der Waals surface area contributed by atoms with E-state index in [1.54, 1.807) is 0 Å². The van der Waals surface area contributed by atoms with Crippen LogP contribution in [0, 0.1) is 12.7 Å². The standard InChI is InChI=1S/C22H25ClFN3O3S/c1-15-2-4-17(5-3-15)27-10-8-26(9-11-27)14-16-12-21(24)19(13-20(16)23)22(28)25-31(29,30)18-6-7-18/h2-5,12-13,18H,6-11,14H2,1H3,(H,25,28). The molecule has 1 amide bonds. The van der Waals surface area contributed by atoms with Crippen LogP contribution in [0.5, 0.6) is 0 Å². The Labute approximate surface area is 187 Å². The Morgan fingerprint density at radius 3 is 2.39 bits per heavy atom. The first-order valence-corrected chi connectivity index (χ1v) is 12.2. The molecule has 9 heteroatoms. The summed E-state index contributed by atoms with van der Waals surface area (Å²) in [6.07, 6.45) is 1.03. The molecule has 6 nitrogen and oxygen atoms in total. The van der Waals surface area contributed by atoms with Crippen molar-refractivity contribution >= 4 is 33.2 Å². The van der Waals surface area contributed by atoms with Gasteiger partial charge in [0, 0.05) is 43.4 Å². The number of amides is 1. The van der Waals surface area contributed by atoms with Gasteiger partial charge in [-0.15, -0.1) is 0 Å². The summed E-state index contributed by atoms with van der Waals surface area (Å²) in [6, 6.07) is 10.9. The second kappa shape index (κ2) is 8.76. The van der Waals surface area contributed by atoms with Crippen LogP contribution in [0.4, 0.5) is 10.1 Å². The van der Waals surface area contributed by atoms with Crippen LogP contribution in [0.15, 0.2) is 36.4 Å². The highest BCUT2D eigenvalue weighted by Gasteiger charge is 2.37. The van der Waals surface area contributed by atoms with Gasteiger partial charge in [0.25, 0.3) is 5.91 Å². The zero-order chi connectivity index (χ0) is 22.2. The lowest BCUT2D eigenvalue weighted by molar-refractivity contribution is 0.0977. The number of anilines is 1. The number of halogens is 2. The van der Waals surface area contributed by atoms with Crippen LogP contribution >= 0.6 is 11.6 Å². The molecule has 2 aliphatic rings. The molecule has 1 heterocycles. The third-order valence-corrected chi connectivity index (χ3v) is 7.92. The smallest absolute Gasteiger partial charge is 0.267 e. The minimum Gasteiger partial charge on any atom is -0.369 e. The van der Waals surface area contributed by atoms with Gasteiger partial charge in [-0.05, 0) is 49.6 Å². The predicted molar refractivity (Wildman–Crippen MR) is 119 cm³/mol. The molecule has 0 unspecified atom stereocenters. The summed E-state index contributed by atoms with van der Waals surface area (Å²) in [5.74, 6) is -1.76. The minimum absolute atomic E-state index is 0.247. The van der Waals surface area contributed by atoms with Crippen molar-refractivity contribution in [1.29, 1.82) is 0 Å². The molecule has 0 aromatic heterocycles. The molecule has 2 aromatic carbocycles. The first-order valence-electron chi connectivity index (χ1n) is 10.3. The lowest BCUT2D eigenvalue weighted by Gasteiger charge is -2.36. The summed E-state index contributed by atoms with van der Waals surface area (Å²) in [5.41, 5.74) is 2.62. The molecule has 0 radical (unpaired) electrons. The highest BCUT2D eigenvalue weighted by Crippen LogP contribution is 2.28. The quantitative estimate of drug-likeness (QED) is 0.708. The molecule has 31 heavy (non-hydrogen) atoms. The Bertz CT molecular complexity index is 1080. The van der Waals surface area contributed by atoms with Crippen molar-refractivity contribution in [1.82, 2.24) is 9.62 Å². The molecule has 1 saturated carbocycles. The second-order valence-electron chi connectivity index (χ2n) is 8.20. The summed E-state index contributed by atoms with van der Waals surface area (Å²) in [5, 5.41) is -0.316. The summed E-state index contributed by atoms with van der Waals surface area (Å²) >= 11 is 6.32. The van der Waals surface area contributed by atoms with Gasteiger partial charge in [-0.1, -0.05) is 29.3 Å². The molecule has 1 saturated heterocycles. The summed E-state index contributed by atoms with van der Waals surface area (Å²) < 4.78 is 40.4. The minimum atomic E-state index is -3.75. The number of hydrogen-bond acceptors (Lipinski definition) is 5. The van der Waals surface area contributed by atoms with Crippen molar-refractivity contribution in [2.75, 3.05) is 31.1 Å². The van der Waals surface area contributed by atoms with Crippen molar-refractivity contribution < 1.29 is 17.6 Å². The highest BCUT2D eigenvalue weighted by molar-refractivity contribution is 7.91. The fraction of sp³-hybridized carbons (Fsp3) is 0.409. The Balaban J connectivity index is 1.38. The Kier molecular flexibility index (Phi) is 6.23. The number of sulfonamides is 1. The maximum absolute atomic E-state index is 14.6. The van der Waals surface area contributed by atoms with E-state index in [9.17, 15) is 17.6 Å². The molecule has 4 rings (SSSR count). The summed E-state index contributed by atoms with van der Waals surface area (Å²) in [4.78, 5) is 16.7. The largest absolute Gasteiger partial charge is 0.369 e. The molecule has 166 valence electrons. The maximum Gasteiger partial charge on any atom is 0.267 e. The number of carbonyl (C=O) groups is 1. The van der Waals surface area contributed by atoms with E-state index in [1.807, 2.05) is 4.72 Å². The van der Waals surface area contributed by atoms with Gasteiger partial charge in [-0.3, -0.25) is 9.69 Å². The SMILES string of the molecule is Cc1ccc(N2CCN(Cc3cc(F)c(C(=O)NS(=O)(=O)C4CC4)cc3Cl)CC2)cc1. The Hall–Kier alpha value is -2.16. The van der Waals surface area contributed by atoms with Crippen molar-refractivity contribution in [3.8, 4) is 0 Å². The van der Waals surface area contributed by atoms with Crippen LogP contribution in [0.2, 0.25) is 5.02 Å². The third kappa shape index (κ3) is 5.19. The van der Waals surface area contributed by atoms with Gasteiger partial charge in [-0.2, -0.15) is 0 Å². The van der Waals surface area contributed by atoms with Gasteiger partial charge in [0.05, 0.1) is 10.8 Å². The van der Waals surface area contributed by atoms with E-state index in [2.05, 4.69) is 41.0 Å². The number of aryl methyl sites for hydroxylation is 1. The zero-order valence-electron chi connectivity index (χ0n) is 17.3. The monoisotopic (exact) mass is 465 g/mol. The van der Waals surface area contributed by atoms with Gasteiger partial charge in [0.15, 0.2) is 0 Å². The second-order valence-corrected chi connectivity index (χ2v) is 10.6. The fourth-order valence-electron chi connectivity index (χ4n) is 3.69. The van der Waals surface area contributed by atoms with E-state index in [-0.39, 0.29) is 10.6 Å². The highest BCUT2D eigenvalue weighted by atomic mass is 35.5. The van der Waals surface area contributed by atoms with Gasteiger partial charge < -0.3 is 4.90 Å². The molecule has 1 N–H and O–H groups in total. The van der Waals surface area contributed by atoms with E-state index in [4.69, 9.17) is 11.6 Å². The zero-order valence-corrected chi connectivity index (χ0v) is 18.8. The van der Waals surface area contributed by atoms with Crippen molar-refractivity contribution in [2.24, 2.45) is 0 Å². The number of carbonyl (C=O) groups excluding carboxylic acids is 1. The fourth-order valence-corrected chi connectivity index (χ4v) is 5.20. The van der Waals surface area contributed by atoms with E-state index >= 15 is 0 Å². The third-order valence-electron chi connectivity index (χ3n) is 5.74. The van der Waals surface area contributed by atoms with E-state index < -0.39 is 27.0 Å². The van der Waals surface area contributed by atoms with E-state index in [0.29, 0.717) is 24.9 Å². The molecular weight excluding hydrogens is 441 g/mol. The van der Waals surface area contributed by atoms with Crippen molar-refractivity contribution in [3.63, 3.8) is 0 Å². The lowest BCUT2D eigenvalue weighted by atomic mass is 10.1. The molecule has 1 aliphatic carbocycles. The van der Waals surface area contributed by atoms with E-state index in [1.165, 1.54) is 23.4 Å². The number of piperazine rings is 1. The van der Waals surface area contributed by atoms with Crippen LogP contribution in [0.3, 0.4) is 0 Å². The van der Waals surface area contributed by atoms with Crippen molar-refractivity contribution in [2.45, 2.75) is 31.6 Å². The van der Waals surface area contributed by atoms with Crippen LogP contribution in [-0.2, 0) is 16.6 Å². The number of hydrogen-bond donors (Lipinski definition) is 1. The van der Waals surface area contributed by atoms with Gasteiger partial charge in [-0.25, -0.2) is 17.5 Å². The predicted octanol–water partition coefficient (Wildman–Crippen LogP) is 3.33. The first kappa shape index (κ1) is 22.0. The number of nitrogens with one attached hydrogen (secondary N) is 1. The topological polar surface area (TPSA) is 69.7 Å². The normalized spacial score (nSPS) is 17.6. The first-order chi connectivity index (χ1) is 14.7. The molecular formula is C22H25ClFN3O3S. The number of rotatable bonds is 6. The molecule has 2 aromatic rings. The molecule has 1 aliphatic heterocycles. The number of nitrogens with zero attached hydrogens (tertiary/aromatic N) is 2. The Morgan fingerprint density at radius 1 is 1.13 bits per heavy atom. The molecule has 0 spiro atoms. The van der Waals surface area contributed by atoms with Crippen LogP contribution < -0.4 is 9.62 Å². The molecule has 2 fully saturated rings. The van der Waals surface area contributed by atoms with Crippen molar-refractivity contribution in [3.05, 3.63) is 63.9 Å². The van der Waals surface area contributed by atoms with Gasteiger partial charge in [0.2, 0.25) is 10.0 Å². The maximum atomic E-state index is 14.6. The lowest BCUT2D eigenvalue weighted by Crippen LogP contribution is -2.46. The summed E-state index contributed by atoms with van der Waals surface area (Å²) in [6.45, 7) is 5.82. The van der Waals surface area contributed by atoms with E-state index in [0.717, 1.165) is 26.2 Å². The van der Waals surface area contributed by atoms with Crippen LogP contribution in [-0.4, -0.2) is 50.7 Å². The molecule has 0 atom stereocenters. The van der Waals surface area contributed by atoms with Gasteiger partial charge >= 0.3 is 0 Å². The average molecular weight is 466 g/mol. The van der Waals surface area contributed by atoms with Gasteiger partial charge in [0.1, 0.15) is 5.82 Å². The van der Waals surface area contributed by atoms with Crippen LogP contribution in [0.1, 0.15) is 34.3 Å². The Morgan fingerprint density at radius 2 is 1.77 bits per heavy atom. The number of benzene rings is 2. The molecule has 0 bridgehead atoms. The van der Waals surface area contributed by atoms with Crippen LogP contribution in [0.25, 0.3) is 0 Å². The average Bonchev–Trinajstić information content (AvgIpc) is 3.57. The summed E-state index contributed by atoms with van der Waals surface area (Å²) in [7, 11) is -3.75.